The lowest BCUT2D eigenvalue weighted by Crippen LogP contribution is -2.34. The van der Waals surface area contributed by atoms with E-state index in [1.54, 1.807) is 6.07 Å². The van der Waals surface area contributed by atoms with Gasteiger partial charge in [0.2, 0.25) is 0 Å². The van der Waals surface area contributed by atoms with E-state index < -0.39 is 0 Å². The summed E-state index contributed by atoms with van der Waals surface area (Å²) in [5.74, 6) is 0.122. The first kappa shape index (κ1) is 13.1. The van der Waals surface area contributed by atoms with Gasteiger partial charge in [-0.25, -0.2) is 0 Å². The highest BCUT2D eigenvalue weighted by atomic mass is 16.3. The van der Waals surface area contributed by atoms with Crippen molar-refractivity contribution in [3.8, 4) is 11.5 Å². The highest BCUT2D eigenvalue weighted by Crippen LogP contribution is 2.24. The third kappa shape index (κ3) is 2.93. The molecule has 2 rings (SSSR count). The fourth-order valence-electron chi connectivity index (χ4n) is 2.45. The molecule has 0 spiro atoms. The van der Waals surface area contributed by atoms with Crippen molar-refractivity contribution in [2.24, 2.45) is 0 Å². The summed E-state index contributed by atoms with van der Waals surface area (Å²) in [5.41, 5.74) is 0.755. The second kappa shape index (κ2) is 5.56. The number of hydrogen-bond donors (Lipinski definition) is 4. The van der Waals surface area contributed by atoms with Crippen LogP contribution in [0.1, 0.15) is 12.0 Å². The van der Waals surface area contributed by atoms with E-state index in [0.717, 1.165) is 5.56 Å². The maximum absolute atomic E-state index is 9.66. The topological polar surface area (TPSA) is 84.2 Å². The van der Waals surface area contributed by atoms with Gasteiger partial charge in [0.25, 0.3) is 0 Å². The Hall–Kier alpha value is -1.30. The largest absolute Gasteiger partial charge is 0.508 e. The van der Waals surface area contributed by atoms with E-state index in [2.05, 4.69) is 0 Å². The van der Waals surface area contributed by atoms with E-state index in [4.69, 9.17) is 0 Å². The Kier molecular flexibility index (Phi) is 4.06. The molecule has 5 heteroatoms. The highest BCUT2D eigenvalue weighted by Gasteiger charge is 2.29. The number of phenolic OH excluding ortho intramolecular Hbond substituents is 2. The van der Waals surface area contributed by atoms with Crippen molar-refractivity contribution in [2.75, 3.05) is 19.7 Å². The van der Waals surface area contributed by atoms with Crippen LogP contribution in [0.4, 0.5) is 0 Å². The van der Waals surface area contributed by atoms with Gasteiger partial charge >= 0.3 is 0 Å². The molecular formula is C13H19NO4. The zero-order valence-electron chi connectivity index (χ0n) is 10.2. The van der Waals surface area contributed by atoms with Crippen LogP contribution in [-0.2, 0) is 6.42 Å². The molecule has 100 valence electrons. The zero-order valence-corrected chi connectivity index (χ0v) is 10.2. The average molecular weight is 253 g/mol. The van der Waals surface area contributed by atoms with Crippen molar-refractivity contribution >= 4 is 0 Å². The van der Waals surface area contributed by atoms with Crippen molar-refractivity contribution in [1.29, 1.82) is 0 Å². The number of aromatic hydroxyl groups is 2. The second-order valence-electron chi connectivity index (χ2n) is 4.78. The minimum Gasteiger partial charge on any atom is -0.508 e. The molecule has 18 heavy (non-hydrogen) atoms. The van der Waals surface area contributed by atoms with E-state index in [0.29, 0.717) is 25.9 Å². The molecule has 1 saturated heterocycles. The van der Waals surface area contributed by atoms with Crippen LogP contribution in [-0.4, -0.2) is 57.2 Å². The predicted octanol–water partition coefficient (Wildman–Crippen LogP) is 0.0678. The van der Waals surface area contributed by atoms with Crippen LogP contribution in [0.3, 0.4) is 0 Å². The van der Waals surface area contributed by atoms with E-state index in [1.807, 2.05) is 4.90 Å². The summed E-state index contributed by atoms with van der Waals surface area (Å²) in [4.78, 5) is 2.02. The molecule has 5 nitrogen and oxygen atoms in total. The molecule has 1 aliphatic rings. The first-order chi connectivity index (χ1) is 8.60. The van der Waals surface area contributed by atoms with E-state index in [9.17, 15) is 20.4 Å². The second-order valence-corrected chi connectivity index (χ2v) is 4.78. The number of nitrogens with zero attached hydrogens (tertiary/aromatic N) is 1. The minimum absolute atomic E-state index is 0.000687. The molecule has 0 aromatic heterocycles. The summed E-state index contributed by atoms with van der Waals surface area (Å²) >= 11 is 0. The standard InChI is InChI=1S/C13H19NO4/c15-8-10-5-12(17)7-14(10)4-3-9-1-2-11(16)6-13(9)18/h1-2,6,10,12,15-18H,3-5,7-8H2/t10-,12+/m0/s1. The van der Waals surface area contributed by atoms with Crippen molar-refractivity contribution in [3.05, 3.63) is 23.8 Å². The smallest absolute Gasteiger partial charge is 0.122 e. The lowest BCUT2D eigenvalue weighted by atomic mass is 10.1. The summed E-state index contributed by atoms with van der Waals surface area (Å²) in [6.07, 6.45) is 0.837. The van der Waals surface area contributed by atoms with E-state index in [1.165, 1.54) is 12.1 Å². The minimum atomic E-state index is -0.379. The Morgan fingerprint density at radius 1 is 1.28 bits per heavy atom. The number of likely N-dealkylation sites (tertiary alicyclic amines) is 1. The Labute approximate surface area is 106 Å². The fourth-order valence-corrected chi connectivity index (χ4v) is 2.45. The van der Waals surface area contributed by atoms with E-state index in [-0.39, 0.29) is 30.3 Å². The molecule has 0 aliphatic carbocycles. The maximum atomic E-state index is 9.66. The van der Waals surface area contributed by atoms with Crippen LogP contribution in [0.25, 0.3) is 0 Å². The molecule has 1 heterocycles. The van der Waals surface area contributed by atoms with Gasteiger partial charge < -0.3 is 20.4 Å². The summed E-state index contributed by atoms with van der Waals surface area (Å²) in [7, 11) is 0. The third-order valence-corrected chi connectivity index (χ3v) is 3.45. The molecule has 2 atom stereocenters. The first-order valence-corrected chi connectivity index (χ1v) is 6.14. The van der Waals surface area contributed by atoms with Crippen LogP contribution in [0.15, 0.2) is 18.2 Å². The Balaban J connectivity index is 1.95. The van der Waals surface area contributed by atoms with Gasteiger partial charge in [-0.1, -0.05) is 6.07 Å². The molecule has 1 aromatic carbocycles. The van der Waals surface area contributed by atoms with Gasteiger partial charge in [-0.3, -0.25) is 4.90 Å². The summed E-state index contributed by atoms with van der Waals surface area (Å²) in [5, 5.41) is 37.6. The molecule has 0 bridgehead atoms. The van der Waals surface area contributed by atoms with Gasteiger partial charge in [-0.15, -0.1) is 0 Å². The van der Waals surface area contributed by atoms with Gasteiger partial charge in [0, 0.05) is 25.2 Å². The number of phenols is 2. The van der Waals surface area contributed by atoms with Crippen LogP contribution in [0.2, 0.25) is 0 Å². The molecule has 0 unspecified atom stereocenters. The van der Waals surface area contributed by atoms with Crippen LogP contribution >= 0.6 is 0 Å². The van der Waals surface area contributed by atoms with Crippen LogP contribution in [0.5, 0.6) is 11.5 Å². The molecular weight excluding hydrogens is 234 g/mol. The predicted molar refractivity (Wildman–Crippen MR) is 66.5 cm³/mol. The summed E-state index contributed by atoms with van der Waals surface area (Å²) < 4.78 is 0. The number of aliphatic hydroxyl groups excluding tert-OH is 2. The Morgan fingerprint density at radius 3 is 2.72 bits per heavy atom. The summed E-state index contributed by atoms with van der Waals surface area (Å²) in [6.45, 7) is 1.27. The molecule has 0 amide bonds. The Bertz CT molecular complexity index is 410. The van der Waals surface area contributed by atoms with Crippen molar-refractivity contribution in [3.63, 3.8) is 0 Å². The van der Waals surface area contributed by atoms with Crippen LogP contribution < -0.4 is 0 Å². The molecule has 0 radical (unpaired) electrons. The Morgan fingerprint density at radius 2 is 2.06 bits per heavy atom. The maximum Gasteiger partial charge on any atom is 0.122 e. The SMILES string of the molecule is OC[C@@H]1C[C@@H](O)CN1CCc1ccc(O)cc1O. The van der Waals surface area contributed by atoms with Crippen molar-refractivity contribution < 1.29 is 20.4 Å². The van der Waals surface area contributed by atoms with Gasteiger partial charge in [-0.2, -0.15) is 0 Å². The lowest BCUT2D eigenvalue weighted by Gasteiger charge is -2.22. The van der Waals surface area contributed by atoms with Crippen molar-refractivity contribution in [1.82, 2.24) is 4.90 Å². The number of aliphatic hydroxyl groups is 2. The van der Waals surface area contributed by atoms with Crippen molar-refractivity contribution in [2.45, 2.75) is 25.0 Å². The molecule has 1 aromatic rings. The van der Waals surface area contributed by atoms with Crippen LogP contribution in [0, 0.1) is 0 Å². The monoisotopic (exact) mass is 253 g/mol. The average Bonchev–Trinajstić information content (AvgIpc) is 2.68. The quantitative estimate of drug-likeness (QED) is 0.610. The normalized spacial score (nSPS) is 24.6. The highest BCUT2D eigenvalue weighted by molar-refractivity contribution is 5.39. The summed E-state index contributed by atoms with van der Waals surface area (Å²) in [6, 6.07) is 4.54. The van der Waals surface area contributed by atoms with Gasteiger partial charge in [0.05, 0.1) is 12.7 Å². The lowest BCUT2D eigenvalue weighted by molar-refractivity contribution is 0.157. The third-order valence-electron chi connectivity index (χ3n) is 3.45. The number of β-amino-alcohol motifs (C(OH)–C–C–N with tert-alkyl or cyclic N) is 1. The van der Waals surface area contributed by atoms with Gasteiger partial charge in [0.15, 0.2) is 0 Å². The van der Waals surface area contributed by atoms with Gasteiger partial charge in [0.1, 0.15) is 11.5 Å². The molecule has 1 fully saturated rings. The number of hydrogen-bond acceptors (Lipinski definition) is 5. The number of benzene rings is 1. The molecule has 0 saturated carbocycles. The first-order valence-electron chi connectivity index (χ1n) is 6.14. The molecule has 1 aliphatic heterocycles. The van der Waals surface area contributed by atoms with Gasteiger partial charge in [-0.05, 0) is 24.5 Å². The molecule has 4 N–H and O–H groups in total. The fraction of sp³-hybridized carbons (Fsp3) is 0.538. The van der Waals surface area contributed by atoms with E-state index >= 15 is 0 Å². The zero-order chi connectivity index (χ0) is 13.1. The number of rotatable bonds is 4.